The molecule has 0 aliphatic carbocycles. The van der Waals surface area contributed by atoms with Crippen LogP contribution < -0.4 is 5.32 Å². The Bertz CT molecular complexity index is 956. The summed E-state index contributed by atoms with van der Waals surface area (Å²) in [5.41, 5.74) is 2.13. The highest BCUT2D eigenvalue weighted by molar-refractivity contribution is 5.52. The number of imidazole rings is 1. The molecule has 0 amide bonds. The van der Waals surface area contributed by atoms with Crippen molar-refractivity contribution >= 4 is 11.6 Å². The number of hydrogen-bond acceptors (Lipinski definition) is 7. The summed E-state index contributed by atoms with van der Waals surface area (Å²) in [4.78, 5) is 19.9. The predicted octanol–water partition coefficient (Wildman–Crippen LogP) is 2.56. The minimum Gasteiger partial charge on any atom is -0.337 e. The Morgan fingerprint density at radius 1 is 1.22 bits per heavy atom. The van der Waals surface area contributed by atoms with E-state index in [1.807, 2.05) is 31.6 Å². The van der Waals surface area contributed by atoms with Gasteiger partial charge in [0.15, 0.2) is 0 Å². The zero-order chi connectivity index (χ0) is 18.6. The van der Waals surface area contributed by atoms with Crippen LogP contribution in [0.2, 0.25) is 0 Å². The van der Waals surface area contributed by atoms with Crippen LogP contribution in [0.3, 0.4) is 0 Å². The number of pyridine rings is 1. The van der Waals surface area contributed by atoms with Gasteiger partial charge in [-0.05, 0) is 37.6 Å². The first-order valence-electron chi connectivity index (χ1n) is 8.89. The topological polar surface area (TPSA) is 95.6 Å². The van der Waals surface area contributed by atoms with Crippen LogP contribution in [0.15, 0.2) is 43.0 Å². The molecule has 1 N–H and O–H groups in total. The van der Waals surface area contributed by atoms with Gasteiger partial charge in [-0.15, -0.1) is 0 Å². The van der Waals surface area contributed by atoms with Crippen molar-refractivity contribution in [3.63, 3.8) is 0 Å². The van der Waals surface area contributed by atoms with Gasteiger partial charge in [-0.3, -0.25) is 4.90 Å². The Kier molecular flexibility index (Phi) is 4.77. The number of aryl methyl sites for hydroxylation is 1. The molecule has 0 bridgehead atoms. The summed E-state index contributed by atoms with van der Waals surface area (Å²) in [7, 11) is 2.02. The van der Waals surface area contributed by atoms with Crippen molar-refractivity contribution < 1.29 is 0 Å². The third-order valence-electron chi connectivity index (χ3n) is 4.78. The van der Waals surface area contributed by atoms with Crippen molar-refractivity contribution in [2.45, 2.75) is 25.4 Å². The molecular weight excluding hydrogens is 340 g/mol. The highest BCUT2D eigenvalue weighted by Gasteiger charge is 2.28. The fourth-order valence-corrected chi connectivity index (χ4v) is 3.36. The van der Waals surface area contributed by atoms with Crippen LogP contribution in [-0.2, 0) is 13.6 Å². The Labute approximate surface area is 157 Å². The number of rotatable bonds is 5. The average Bonchev–Trinajstić information content (AvgIpc) is 3.32. The monoisotopic (exact) mass is 360 g/mol. The number of anilines is 2. The van der Waals surface area contributed by atoms with E-state index in [9.17, 15) is 0 Å². The molecule has 1 fully saturated rings. The van der Waals surface area contributed by atoms with Crippen molar-refractivity contribution in [2.24, 2.45) is 7.05 Å². The van der Waals surface area contributed by atoms with Crippen LogP contribution in [-0.4, -0.2) is 35.9 Å². The molecule has 3 aromatic heterocycles. The largest absolute Gasteiger partial charge is 0.337 e. The van der Waals surface area contributed by atoms with E-state index in [0.29, 0.717) is 11.6 Å². The quantitative estimate of drug-likeness (QED) is 0.747. The second-order valence-electron chi connectivity index (χ2n) is 6.56. The number of hydrogen-bond donors (Lipinski definition) is 1. The first kappa shape index (κ1) is 17.1. The molecule has 8 nitrogen and oxygen atoms in total. The van der Waals surface area contributed by atoms with Gasteiger partial charge in [-0.25, -0.2) is 19.9 Å². The highest BCUT2D eigenvalue weighted by Crippen LogP contribution is 2.32. The second-order valence-corrected chi connectivity index (χ2v) is 6.56. The second kappa shape index (κ2) is 7.51. The van der Waals surface area contributed by atoms with Crippen molar-refractivity contribution in [1.82, 2.24) is 29.4 Å². The van der Waals surface area contributed by atoms with E-state index < -0.39 is 0 Å². The van der Waals surface area contributed by atoms with Gasteiger partial charge in [0.1, 0.15) is 17.6 Å². The molecule has 0 spiro atoms. The van der Waals surface area contributed by atoms with E-state index in [-0.39, 0.29) is 6.04 Å². The van der Waals surface area contributed by atoms with Gasteiger partial charge >= 0.3 is 0 Å². The van der Waals surface area contributed by atoms with Gasteiger partial charge < -0.3 is 9.88 Å². The fraction of sp³-hybridized carbons (Fsp3) is 0.316. The summed E-state index contributed by atoms with van der Waals surface area (Å²) in [5, 5.41) is 12.0. The van der Waals surface area contributed by atoms with Gasteiger partial charge in [-0.2, -0.15) is 5.26 Å². The predicted molar refractivity (Wildman–Crippen MR) is 99.9 cm³/mol. The molecule has 8 heteroatoms. The molecule has 136 valence electrons. The molecule has 0 aromatic carbocycles. The van der Waals surface area contributed by atoms with Crippen LogP contribution in [0.25, 0.3) is 0 Å². The Morgan fingerprint density at radius 3 is 2.89 bits per heavy atom. The van der Waals surface area contributed by atoms with Gasteiger partial charge in [0.2, 0.25) is 5.95 Å². The molecule has 1 aliphatic rings. The zero-order valence-corrected chi connectivity index (χ0v) is 15.1. The normalized spacial score (nSPS) is 17.0. The molecule has 1 aliphatic heterocycles. The standard InChI is InChI=1S/C19H20N8/c1-26-10-8-21-18(26)13-27-9-2-3-17(27)16-6-7-22-19(25-16)24-15-5-4-14(11-20)23-12-15/h4-8,10,12,17H,2-3,9,13H2,1H3,(H,22,24,25)/t17-/m1/s1. The van der Waals surface area contributed by atoms with Gasteiger partial charge in [0.25, 0.3) is 0 Å². The van der Waals surface area contributed by atoms with E-state index >= 15 is 0 Å². The molecule has 0 saturated carbocycles. The van der Waals surface area contributed by atoms with Crippen LogP contribution in [0.1, 0.15) is 36.1 Å². The lowest BCUT2D eigenvalue weighted by Gasteiger charge is -2.23. The van der Waals surface area contributed by atoms with Crippen LogP contribution >= 0.6 is 0 Å². The summed E-state index contributed by atoms with van der Waals surface area (Å²) in [6.45, 7) is 1.84. The maximum absolute atomic E-state index is 8.84. The number of nitriles is 1. The maximum Gasteiger partial charge on any atom is 0.227 e. The number of aromatic nitrogens is 5. The SMILES string of the molecule is Cn1ccnc1CN1CCC[C@@H]1c1ccnc(Nc2ccc(C#N)nc2)n1. The summed E-state index contributed by atoms with van der Waals surface area (Å²) in [5.74, 6) is 1.58. The molecule has 4 heterocycles. The van der Waals surface area contributed by atoms with Gasteiger partial charge in [0.05, 0.1) is 30.2 Å². The number of likely N-dealkylation sites (tertiary alicyclic amines) is 1. The van der Waals surface area contributed by atoms with E-state index in [1.54, 1.807) is 24.5 Å². The van der Waals surface area contributed by atoms with Crippen LogP contribution in [0, 0.1) is 11.3 Å². The molecule has 27 heavy (non-hydrogen) atoms. The van der Waals surface area contributed by atoms with Gasteiger partial charge in [0, 0.05) is 25.6 Å². The lowest BCUT2D eigenvalue weighted by Crippen LogP contribution is -2.25. The van der Waals surface area contributed by atoms with Crippen LogP contribution in [0.5, 0.6) is 0 Å². The Balaban J connectivity index is 1.50. The van der Waals surface area contributed by atoms with Gasteiger partial charge in [-0.1, -0.05) is 0 Å². The first-order valence-corrected chi connectivity index (χ1v) is 8.89. The average molecular weight is 360 g/mol. The van der Waals surface area contributed by atoms with E-state index in [0.717, 1.165) is 43.1 Å². The third-order valence-corrected chi connectivity index (χ3v) is 4.78. The fourth-order valence-electron chi connectivity index (χ4n) is 3.36. The molecular formula is C19H20N8. The third kappa shape index (κ3) is 3.78. The highest BCUT2D eigenvalue weighted by atomic mass is 15.2. The van der Waals surface area contributed by atoms with Crippen LogP contribution in [0.4, 0.5) is 11.6 Å². The van der Waals surface area contributed by atoms with E-state index in [2.05, 4.69) is 29.7 Å². The Morgan fingerprint density at radius 2 is 2.15 bits per heavy atom. The van der Waals surface area contributed by atoms with E-state index in [1.165, 1.54) is 0 Å². The maximum atomic E-state index is 8.84. The number of nitrogens with one attached hydrogen (secondary N) is 1. The smallest absolute Gasteiger partial charge is 0.227 e. The molecule has 1 saturated heterocycles. The summed E-state index contributed by atoms with van der Waals surface area (Å²) in [6, 6.07) is 7.70. The van der Waals surface area contributed by atoms with E-state index in [4.69, 9.17) is 10.2 Å². The molecule has 1 atom stereocenters. The summed E-state index contributed by atoms with van der Waals surface area (Å²) < 4.78 is 2.06. The first-order chi connectivity index (χ1) is 13.2. The molecule has 3 aromatic rings. The Hall–Kier alpha value is -3.31. The minimum absolute atomic E-state index is 0.254. The van der Waals surface area contributed by atoms with Crippen molar-refractivity contribution in [1.29, 1.82) is 5.26 Å². The minimum atomic E-state index is 0.254. The summed E-state index contributed by atoms with van der Waals surface area (Å²) >= 11 is 0. The van der Waals surface area contributed by atoms with Crippen molar-refractivity contribution in [3.05, 3.63) is 60.2 Å². The molecule has 4 rings (SSSR count). The molecule has 0 unspecified atom stereocenters. The lowest BCUT2D eigenvalue weighted by molar-refractivity contribution is 0.236. The van der Waals surface area contributed by atoms with Crippen molar-refractivity contribution in [3.8, 4) is 6.07 Å². The van der Waals surface area contributed by atoms with Crippen molar-refractivity contribution in [2.75, 3.05) is 11.9 Å². The summed E-state index contributed by atoms with van der Waals surface area (Å²) in [6.07, 6.45) is 9.40. The zero-order valence-electron chi connectivity index (χ0n) is 15.1. The molecule has 0 radical (unpaired) electrons. The number of nitrogens with zero attached hydrogens (tertiary/aromatic N) is 7. The lowest BCUT2D eigenvalue weighted by atomic mass is 10.1.